The highest BCUT2D eigenvalue weighted by atomic mass is 16.5. The molecule has 0 aliphatic carbocycles. The lowest BCUT2D eigenvalue weighted by molar-refractivity contribution is 0.0734. The molecule has 30 heavy (non-hydrogen) atoms. The summed E-state index contributed by atoms with van der Waals surface area (Å²) in [4.78, 5) is 16.7. The van der Waals surface area contributed by atoms with E-state index < -0.39 is 5.97 Å². The van der Waals surface area contributed by atoms with Crippen molar-refractivity contribution in [3.05, 3.63) is 53.6 Å². The standard InChI is InChI=1S/C24H31NO5/c1-4-5-12-29-21-9-6-18(7-10-21)24(28)30-22-11-8-19(23(27)14-22)15-25-20(16-26)13-17(2)3/h6-11,14-15,17,20,26-27H,4-5,12-13,16H2,1-3H3/t20-/m1/s1. The fourth-order valence-electron chi connectivity index (χ4n) is 2.80. The molecule has 2 rings (SSSR count). The Labute approximate surface area is 178 Å². The highest BCUT2D eigenvalue weighted by molar-refractivity contribution is 5.91. The van der Waals surface area contributed by atoms with E-state index in [1.807, 2.05) is 0 Å². The van der Waals surface area contributed by atoms with Crippen LogP contribution in [-0.4, -0.2) is 41.7 Å². The molecule has 0 unspecified atom stereocenters. The molecular formula is C24H31NO5. The first kappa shape index (κ1) is 23.4. The van der Waals surface area contributed by atoms with Crippen LogP contribution in [0.25, 0.3) is 0 Å². The second-order valence-electron chi connectivity index (χ2n) is 7.58. The lowest BCUT2D eigenvalue weighted by atomic mass is 10.1. The number of nitrogens with zero attached hydrogens (tertiary/aromatic N) is 1. The molecule has 0 saturated heterocycles. The van der Waals surface area contributed by atoms with Crippen LogP contribution in [0.3, 0.4) is 0 Å². The molecule has 162 valence electrons. The Bertz CT molecular complexity index is 830. The van der Waals surface area contributed by atoms with E-state index in [0.29, 0.717) is 29.4 Å². The molecule has 0 aliphatic rings. The van der Waals surface area contributed by atoms with Crippen LogP contribution in [0.15, 0.2) is 47.5 Å². The van der Waals surface area contributed by atoms with Crippen molar-refractivity contribution in [1.29, 1.82) is 0 Å². The first-order valence-corrected chi connectivity index (χ1v) is 10.3. The fourth-order valence-corrected chi connectivity index (χ4v) is 2.80. The molecule has 2 N–H and O–H groups in total. The minimum absolute atomic E-state index is 0.0480. The van der Waals surface area contributed by atoms with E-state index in [0.717, 1.165) is 19.3 Å². The molecule has 2 aromatic rings. The number of aliphatic hydroxyl groups excluding tert-OH is 1. The number of hydrogen-bond acceptors (Lipinski definition) is 6. The summed E-state index contributed by atoms with van der Waals surface area (Å²) in [6.07, 6.45) is 4.32. The van der Waals surface area contributed by atoms with E-state index >= 15 is 0 Å². The van der Waals surface area contributed by atoms with Gasteiger partial charge in [0.2, 0.25) is 0 Å². The van der Waals surface area contributed by atoms with Crippen LogP contribution >= 0.6 is 0 Å². The Hall–Kier alpha value is -2.86. The molecule has 0 spiro atoms. The topological polar surface area (TPSA) is 88.4 Å². The van der Waals surface area contributed by atoms with Crippen LogP contribution in [0.2, 0.25) is 0 Å². The maximum Gasteiger partial charge on any atom is 0.343 e. The van der Waals surface area contributed by atoms with E-state index in [9.17, 15) is 15.0 Å². The van der Waals surface area contributed by atoms with Crippen molar-refractivity contribution in [3.63, 3.8) is 0 Å². The Morgan fingerprint density at radius 1 is 1.13 bits per heavy atom. The molecule has 0 aromatic heterocycles. The zero-order valence-corrected chi connectivity index (χ0v) is 17.9. The number of phenols is 1. The molecule has 0 radical (unpaired) electrons. The number of benzene rings is 2. The van der Waals surface area contributed by atoms with Crippen molar-refractivity contribution in [2.75, 3.05) is 13.2 Å². The second kappa shape index (κ2) is 12.0. The van der Waals surface area contributed by atoms with Gasteiger partial charge < -0.3 is 19.7 Å². The van der Waals surface area contributed by atoms with Gasteiger partial charge in [-0.2, -0.15) is 0 Å². The van der Waals surface area contributed by atoms with Gasteiger partial charge in [0.15, 0.2) is 0 Å². The quantitative estimate of drug-likeness (QED) is 0.243. The molecule has 6 nitrogen and oxygen atoms in total. The molecule has 0 bridgehead atoms. The number of hydrogen-bond donors (Lipinski definition) is 2. The monoisotopic (exact) mass is 413 g/mol. The van der Waals surface area contributed by atoms with Crippen molar-refractivity contribution >= 4 is 12.2 Å². The number of rotatable bonds is 11. The van der Waals surface area contributed by atoms with Gasteiger partial charge in [0.05, 0.1) is 24.8 Å². The third-order valence-corrected chi connectivity index (χ3v) is 4.45. The van der Waals surface area contributed by atoms with Gasteiger partial charge in [0, 0.05) is 17.8 Å². The Kier molecular flexibility index (Phi) is 9.35. The summed E-state index contributed by atoms with van der Waals surface area (Å²) in [6.45, 7) is 6.81. The summed E-state index contributed by atoms with van der Waals surface area (Å²) in [5.74, 6) is 0.781. The first-order chi connectivity index (χ1) is 14.4. The van der Waals surface area contributed by atoms with Gasteiger partial charge in [-0.3, -0.25) is 4.99 Å². The third kappa shape index (κ3) is 7.52. The summed E-state index contributed by atoms with van der Waals surface area (Å²) in [7, 11) is 0. The minimum Gasteiger partial charge on any atom is -0.507 e. The zero-order chi connectivity index (χ0) is 21.9. The number of aliphatic hydroxyl groups is 1. The zero-order valence-electron chi connectivity index (χ0n) is 17.9. The van der Waals surface area contributed by atoms with E-state index in [1.165, 1.54) is 12.3 Å². The predicted octanol–water partition coefficient (Wildman–Crippen LogP) is 4.62. The number of phenolic OH excluding ortho intramolecular Hbond substituents is 1. The Balaban J connectivity index is 1.98. The lowest BCUT2D eigenvalue weighted by Crippen LogP contribution is -2.13. The molecule has 0 amide bonds. The number of aromatic hydroxyl groups is 1. The van der Waals surface area contributed by atoms with Crippen LogP contribution in [-0.2, 0) is 0 Å². The normalized spacial score (nSPS) is 12.3. The van der Waals surface area contributed by atoms with Gasteiger partial charge in [-0.25, -0.2) is 4.79 Å². The molecule has 2 aromatic carbocycles. The molecule has 0 heterocycles. The Morgan fingerprint density at radius 2 is 1.83 bits per heavy atom. The molecule has 0 fully saturated rings. The van der Waals surface area contributed by atoms with Gasteiger partial charge in [-0.05, 0) is 55.2 Å². The van der Waals surface area contributed by atoms with Gasteiger partial charge in [0.1, 0.15) is 17.2 Å². The summed E-state index contributed by atoms with van der Waals surface area (Å²) in [5, 5.41) is 19.6. The molecule has 0 aliphatic heterocycles. The summed E-state index contributed by atoms with van der Waals surface area (Å²) < 4.78 is 10.9. The maximum absolute atomic E-state index is 12.3. The van der Waals surface area contributed by atoms with Crippen molar-refractivity contribution in [2.24, 2.45) is 10.9 Å². The summed E-state index contributed by atoms with van der Waals surface area (Å²) in [5.41, 5.74) is 0.882. The van der Waals surface area contributed by atoms with Crippen molar-refractivity contribution < 1.29 is 24.5 Å². The van der Waals surface area contributed by atoms with Gasteiger partial charge in [0.25, 0.3) is 0 Å². The number of carbonyl (C=O) groups excluding carboxylic acids is 1. The number of unbranched alkanes of at least 4 members (excludes halogenated alkanes) is 1. The summed E-state index contributed by atoms with van der Waals surface area (Å²) >= 11 is 0. The largest absolute Gasteiger partial charge is 0.507 e. The van der Waals surface area contributed by atoms with E-state index in [4.69, 9.17) is 9.47 Å². The Morgan fingerprint density at radius 3 is 2.43 bits per heavy atom. The van der Waals surface area contributed by atoms with E-state index in [2.05, 4.69) is 25.8 Å². The molecule has 1 atom stereocenters. The molecular weight excluding hydrogens is 382 g/mol. The van der Waals surface area contributed by atoms with E-state index in [1.54, 1.807) is 36.4 Å². The smallest absolute Gasteiger partial charge is 0.343 e. The number of esters is 1. The van der Waals surface area contributed by atoms with Crippen molar-refractivity contribution in [3.8, 4) is 17.2 Å². The second-order valence-corrected chi connectivity index (χ2v) is 7.58. The number of ether oxygens (including phenoxy) is 2. The van der Waals surface area contributed by atoms with Crippen LogP contribution in [0, 0.1) is 5.92 Å². The maximum atomic E-state index is 12.3. The first-order valence-electron chi connectivity index (χ1n) is 10.3. The van der Waals surface area contributed by atoms with E-state index in [-0.39, 0.29) is 24.1 Å². The van der Waals surface area contributed by atoms with Gasteiger partial charge in [-0.1, -0.05) is 27.2 Å². The van der Waals surface area contributed by atoms with Gasteiger partial charge in [-0.15, -0.1) is 0 Å². The third-order valence-electron chi connectivity index (χ3n) is 4.45. The fraction of sp³-hybridized carbons (Fsp3) is 0.417. The number of carbonyl (C=O) groups is 1. The van der Waals surface area contributed by atoms with Crippen LogP contribution in [0.1, 0.15) is 56.0 Å². The highest BCUT2D eigenvalue weighted by Gasteiger charge is 2.11. The SMILES string of the molecule is CCCCOc1ccc(C(=O)Oc2ccc(C=N[C@@H](CO)CC(C)C)c(O)c2)cc1. The summed E-state index contributed by atoms with van der Waals surface area (Å²) in [6, 6.07) is 11.1. The van der Waals surface area contributed by atoms with Crippen molar-refractivity contribution in [2.45, 2.75) is 46.1 Å². The minimum atomic E-state index is -0.520. The number of aliphatic imine (C=N–C) groups is 1. The molecule has 0 saturated carbocycles. The average molecular weight is 414 g/mol. The van der Waals surface area contributed by atoms with Gasteiger partial charge >= 0.3 is 5.97 Å². The average Bonchev–Trinajstić information content (AvgIpc) is 2.72. The predicted molar refractivity (Wildman–Crippen MR) is 118 cm³/mol. The van der Waals surface area contributed by atoms with Crippen molar-refractivity contribution in [1.82, 2.24) is 0 Å². The van der Waals surface area contributed by atoms with Crippen LogP contribution in [0.4, 0.5) is 0 Å². The highest BCUT2D eigenvalue weighted by Crippen LogP contribution is 2.24. The molecule has 6 heteroatoms. The van der Waals surface area contributed by atoms with Crippen LogP contribution < -0.4 is 9.47 Å². The lowest BCUT2D eigenvalue weighted by Gasteiger charge is -2.11. The van der Waals surface area contributed by atoms with Crippen LogP contribution in [0.5, 0.6) is 17.2 Å².